The third kappa shape index (κ3) is 3.69. The third-order valence-electron chi connectivity index (χ3n) is 2.85. The van der Waals surface area contributed by atoms with Gasteiger partial charge in [0.1, 0.15) is 5.84 Å². The predicted octanol–water partition coefficient (Wildman–Crippen LogP) is 3.74. The maximum Gasteiger partial charge on any atom is 0.161 e. The molecule has 0 aliphatic carbocycles. The summed E-state index contributed by atoms with van der Waals surface area (Å²) >= 11 is 3.19. The largest absolute Gasteiger partial charge is 0.384 e. The van der Waals surface area contributed by atoms with E-state index in [4.69, 9.17) is 11.1 Å². The van der Waals surface area contributed by atoms with Gasteiger partial charge in [-0.2, -0.15) is 0 Å². The van der Waals surface area contributed by atoms with Gasteiger partial charge in [0.25, 0.3) is 0 Å². The molecule has 0 bridgehead atoms. The smallest absolute Gasteiger partial charge is 0.161 e. The lowest BCUT2D eigenvalue weighted by molar-refractivity contribution is 0.548. The van der Waals surface area contributed by atoms with Gasteiger partial charge >= 0.3 is 0 Å². The van der Waals surface area contributed by atoms with Gasteiger partial charge in [-0.05, 0) is 47.8 Å². The van der Waals surface area contributed by atoms with Crippen molar-refractivity contribution in [2.75, 3.05) is 11.4 Å². The van der Waals surface area contributed by atoms with Crippen LogP contribution in [-0.4, -0.2) is 18.4 Å². The molecule has 0 atom stereocenters. The van der Waals surface area contributed by atoms with Crippen molar-refractivity contribution in [3.63, 3.8) is 0 Å². The van der Waals surface area contributed by atoms with Crippen LogP contribution < -0.4 is 10.6 Å². The number of nitrogen functional groups attached to an aromatic ring is 1. The number of nitrogens with zero attached hydrogens (tertiary/aromatic N) is 1. The fraction of sp³-hybridized carbons (Fsp3) is 0.500. The summed E-state index contributed by atoms with van der Waals surface area (Å²) in [4.78, 5) is 2.02. The Hall–Kier alpha value is -1.10. The van der Waals surface area contributed by atoms with Crippen LogP contribution in [0.5, 0.6) is 0 Å². The zero-order chi connectivity index (χ0) is 14.7. The van der Waals surface area contributed by atoms with Crippen molar-refractivity contribution in [3.05, 3.63) is 28.0 Å². The van der Waals surface area contributed by atoms with E-state index in [0.29, 0.717) is 17.2 Å². The second-order valence-electron chi connectivity index (χ2n) is 5.31. The van der Waals surface area contributed by atoms with Gasteiger partial charge in [-0.1, -0.05) is 13.8 Å². The first kappa shape index (κ1) is 16.0. The number of nitrogens with one attached hydrogen (secondary N) is 1. The minimum atomic E-state index is -0.359. The monoisotopic (exact) mass is 329 g/mol. The maximum atomic E-state index is 14.4. The Bertz CT molecular complexity index is 472. The van der Waals surface area contributed by atoms with Crippen LogP contribution in [0, 0.1) is 17.1 Å². The average molecular weight is 330 g/mol. The van der Waals surface area contributed by atoms with Crippen molar-refractivity contribution in [2.45, 2.75) is 33.7 Å². The Morgan fingerprint density at radius 1 is 1.37 bits per heavy atom. The van der Waals surface area contributed by atoms with Crippen LogP contribution in [0.25, 0.3) is 0 Å². The van der Waals surface area contributed by atoms with Crippen LogP contribution in [0.2, 0.25) is 0 Å². The Morgan fingerprint density at radius 3 is 2.37 bits per heavy atom. The summed E-state index contributed by atoms with van der Waals surface area (Å²) < 4.78 is 14.7. The van der Waals surface area contributed by atoms with Gasteiger partial charge in [-0.25, -0.2) is 4.39 Å². The Morgan fingerprint density at radius 2 is 1.95 bits per heavy atom. The first-order chi connectivity index (χ1) is 8.75. The molecule has 1 rings (SSSR count). The molecule has 0 saturated heterocycles. The molecule has 0 saturated carbocycles. The van der Waals surface area contributed by atoms with Gasteiger partial charge in [0, 0.05) is 18.2 Å². The van der Waals surface area contributed by atoms with Crippen LogP contribution in [-0.2, 0) is 0 Å². The zero-order valence-electron chi connectivity index (χ0n) is 11.8. The first-order valence-electron chi connectivity index (χ1n) is 6.34. The molecule has 3 N–H and O–H groups in total. The van der Waals surface area contributed by atoms with E-state index >= 15 is 0 Å². The van der Waals surface area contributed by atoms with E-state index in [-0.39, 0.29) is 22.2 Å². The molecular formula is C14H21BrFN3. The Labute approximate surface area is 122 Å². The quantitative estimate of drug-likeness (QED) is 0.638. The molecule has 0 spiro atoms. The topological polar surface area (TPSA) is 53.1 Å². The molecule has 5 heteroatoms. The molecular weight excluding hydrogens is 309 g/mol. The first-order valence-corrected chi connectivity index (χ1v) is 7.14. The summed E-state index contributed by atoms with van der Waals surface area (Å²) in [5.41, 5.74) is 6.35. The number of rotatable bonds is 5. The molecule has 1 aromatic rings. The number of hydrogen-bond donors (Lipinski definition) is 2. The van der Waals surface area contributed by atoms with Crippen molar-refractivity contribution >= 4 is 27.5 Å². The average Bonchev–Trinajstić information content (AvgIpc) is 2.29. The minimum Gasteiger partial charge on any atom is -0.384 e. The predicted molar refractivity (Wildman–Crippen MR) is 82.4 cm³/mol. The number of benzene rings is 1. The van der Waals surface area contributed by atoms with E-state index in [1.54, 1.807) is 12.1 Å². The number of nitrogens with two attached hydrogens (primary N) is 1. The highest BCUT2D eigenvalue weighted by atomic mass is 79.9. The highest BCUT2D eigenvalue weighted by Gasteiger charge is 2.20. The second kappa shape index (κ2) is 6.37. The normalized spacial score (nSPS) is 11.2. The molecule has 0 fully saturated rings. The Balaban J connectivity index is 3.26. The van der Waals surface area contributed by atoms with Gasteiger partial charge in [0.05, 0.1) is 10.2 Å². The minimum absolute atomic E-state index is 0.141. The third-order valence-corrected chi connectivity index (χ3v) is 3.62. The fourth-order valence-electron chi connectivity index (χ4n) is 1.95. The van der Waals surface area contributed by atoms with Crippen molar-refractivity contribution in [3.8, 4) is 0 Å². The van der Waals surface area contributed by atoms with Gasteiger partial charge in [-0.15, -0.1) is 0 Å². The standard InChI is InChI=1S/C14H21BrFN3/c1-8(2)7-19(9(3)4)11-6-5-10(14(17)18)12(15)13(11)16/h5-6,8-9H,7H2,1-4H3,(H3,17,18). The molecule has 0 unspecified atom stereocenters. The van der Waals surface area contributed by atoms with Gasteiger partial charge in [-0.3, -0.25) is 5.41 Å². The summed E-state index contributed by atoms with van der Waals surface area (Å²) in [6.07, 6.45) is 0. The second-order valence-corrected chi connectivity index (χ2v) is 6.11. The number of anilines is 1. The summed E-state index contributed by atoms with van der Waals surface area (Å²) in [7, 11) is 0. The van der Waals surface area contributed by atoms with E-state index in [1.807, 2.05) is 18.7 Å². The summed E-state index contributed by atoms with van der Waals surface area (Å²) in [6, 6.07) is 3.58. The number of halogens is 2. The zero-order valence-corrected chi connectivity index (χ0v) is 13.4. The summed E-state index contributed by atoms with van der Waals surface area (Å²) in [6.45, 7) is 9.06. The highest BCUT2D eigenvalue weighted by Crippen LogP contribution is 2.30. The van der Waals surface area contributed by atoms with Gasteiger partial charge in [0.15, 0.2) is 5.82 Å². The van der Waals surface area contributed by atoms with Crippen molar-refractivity contribution < 1.29 is 4.39 Å². The lowest BCUT2D eigenvalue weighted by Crippen LogP contribution is -2.35. The van der Waals surface area contributed by atoms with E-state index < -0.39 is 0 Å². The summed E-state index contributed by atoms with van der Waals surface area (Å²) in [5.74, 6) is -0.0626. The molecule has 0 radical (unpaired) electrons. The molecule has 0 aliphatic heterocycles. The maximum absolute atomic E-state index is 14.4. The van der Waals surface area contributed by atoms with E-state index in [2.05, 4.69) is 29.8 Å². The van der Waals surface area contributed by atoms with Crippen LogP contribution in [0.3, 0.4) is 0 Å². The number of hydrogen-bond acceptors (Lipinski definition) is 2. The van der Waals surface area contributed by atoms with Crippen LogP contribution in [0.1, 0.15) is 33.3 Å². The number of amidine groups is 1. The lowest BCUT2D eigenvalue weighted by atomic mass is 10.1. The van der Waals surface area contributed by atoms with Crippen LogP contribution in [0.15, 0.2) is 16.6 Å². The molecule has 0 aliphatic rings. The van der Waals surface area contributed by atoms with Crippen molar-refractivity contribution in [1.29, 1.82) is 5.41 Å². The molecule has 3 nitrogen and oxygen atoms in total. The Kier molecular flexibility index (Phi) is 5.35. The van der Waals surface area contributed by atoms with Gasteiger partial charge < -0.3 is 10.6 Å². The highest BCUT2D eigenvalue weighted by molar-refractivity contribution is 9.10. The fourth-order valence-corrected chi connectivity index (χ4v) is 2.50. The van der Waals surface area contributed by atoms with E-state index in [1.165, 1.54) is 0 Å². The lowest BCUT2D eigenvalue weighted by Gasteiger charge is -2.31. The molecule has 0 aromatic heterocycles. The van der Waals surface area contributed by atoms with E-state index in [9.17, 15) is 4.39 Å². The summed E-state index contributed by atoms with van der Waals surface area (Å²) in [5, 5.41) is 7.42. The molecule has 0 amide bonds. The molecule has 0 heterocycles. The van der Waals surface area contributed by atoms with E-state index in [0.717, 1.165) is 6.54 Å². The van der Waals surface area contributed by atoms with Crippen molar-refractivity contribution in [2.24, 2.45) is 11.7 Å². The molecule has 1 aromatic carbocycles. The van der Waals surface area contributed by atoms with Crippen LogP contribution >= 0.6 is 15.9 Å². The van der Waals surface area contributed by atoms with Crippen molar-refractivity contribution in [1.82, 2.24) is 0 Å². The molecule has 19 heavy (non-hydrogen) atoms. The molecule has 106 valence electrons. The van der Waals surface area contributed by atoms with Crippen LogP contribution in [0.4, 0.5) is 10.1 Å². The SMILES string of the molecule is CC(C)CN(c1ccc(C(=N)N)c(Br)c1F)C(C)C. The van der Waals surface area contributed by atoms with Gasteiger partial charge in [0.2, 0.25) is 0 Å².